The van der Waals surface area contributed by atoms with Gasteiger partial charge in [-0.25, -0.2) is 4.98 Å². The van der Waals surface area contributed by atoms with Crippen LogP contribution in [0, 0.1) is 23.7 Å². The zero-order valence-electron chi connectivity index (χ0n) is 19.8. The Labute approximate surface area is 224 Å². The Bertz CT molecular complexity index is 1030. The minimum atomic E-state index is -0.517. The van der Waals surface area contributed by atoms with Crippen LogP contribution in [-0.2, 0) is 14.5 Å². The summed E-state index contributed by atoms with van der Waals surface area (Å²) in [7, 11) is 0. The summed E-state index contributed by atoms with van der Waals surface area (Å²) in [5.74, 6) is 1.92. The van der Waals surface area contributed by atoms with E-state index in [0.717, 1.165) is 67.1 Å². The standard InChI is InChI=1S/C26H32ClN3O3.2ClH/c27-21-1-2-22-23(3-6-28-24(22)16-21)29-7-10-30-8-4-25(5-9-30)31-26(33-32-25)19-12-17-11-18(14-19)15-20(26)13-17;;/h1-3,6,16-20H,4-5,7-15H2,(H,28,29);2*1H. The van der Waals surface area contributed by atoms with E-state index in [-0.39, 0.29) is 24.8 Å². The van der Waals surface area contributed by atoms with Crippen molar-refractivity contribution in [3.05, 3.63) is 35.5 Å². The number of quaternary nitrogens is 1. The number of nitrogens with one attached hydrogen (secondary N) is 3. The molecule has 2 aliphatic heterocycles. The quantitative estimate of drug-likeness (QED) is 0.411. The van der Waals surface area contributed by atoms with Crippen molar-refractivity contribution in [2.45, 2.75) is 56.5 Å². The van der Waals surface area contributed by atoms with Crippen molar-refractivity contribution in [3.8, 4) is 0 Å². The Balaban J connectivity index is 0.00000127. The molecule has 1 aromatic carbocycles. The average Bonchev–Trinajstić information content (AvgIpc) is 3.18. The Kier molecular flexibility index (Phi) is 7.21. The second-order valence-corrected chi connectivity index (χ2v) is 11.6. The Morgan fingerprint density at radius 2 is 1.69 bits per heavy atom. The second-order valence-electron chi connectivity index (χ2n) is 11.2. The summed E-state index contributed by atoms with van der Waals surface area (Å²) in [6.45, 7) is 4.12. The maximum Gasteiger partial charge on any atom is 0.215 e. The van der Waals surface area contributed by atoms with Crippen LogP contribution in [0.5, 0.6) is 0 Å². The van der Waals surface area contributed by atoms with Crippen LogP contribution in [0.15, 0.2) is 30.5 Å². The molecule has 0 radical (unpaired) electrons. The largest absolute Gasteiger partial charge is 1.00 e. The first-order valence-electron chi connectivity index (χ1n) is 12.9. The molecule has 0 unspecified atom stereocenters. The predicted molar refractivity (Wildman–Crippen MR) is 125 cm³/mol. The van der Waals surface area contributed by atoms with Crippen LogP contribution in [0.3, 0.4) is 0 Å². The van der Waals surface area contributed by atoms with E-state index in [2.05, 4.69) is 22.4 Å². The summed E-state index contributed by atoms with van der Waals surface area (Å²) in [6, 6.07) is 8.08. The third kappa shape index (κ3) is 4.43. The molecule has 3 N–H and O–H groups in total. The van der Waals surface area contributed by atoms with Crippen LogP contribution in [0.1, 0.15) is 44.9 Å². The summed E-state index contributed by atoms with van der Waals surface area (Å²) in [5.41, 5.74) is 2.20. The van der Waals surface area contributed by atoms with Gasteiger partial charge in [-0.15, -0.1) is 0 Å². The van der Waals surface area contributed by atoms with E-state index in [0.29, 0.717) is 11.8 Å². The molecule has 3 heterocycles. The summed E-state index contributed by atoms with van der Waals surface area (Å²) in [5, 5.41) is 5.54. The number of rotatable bonds is 4. The molecule has 192 valence electrons. The summed E-state index contributed by atoms with van der Waals surface area (Å²) in [6.07, 6.45) is 10.3. The molecule has 4 saturated carbocycles. The first-order chi connectivity index (χ1) is 16.1. The first kappa shape index (κ1) is 25.8. The van der Waals surface area contributed by atoms with Crippen LogP contribution in [-0.4, -0.2) is 37.8 Å². The molecule has 2 spiro atoms. The molecule has 4 aliphatic carbocycles. The van der Waals surface area contributed by atoms with Crippen LogP contribution < -0.4 is 40.0 Å². The Hall–Kier alpha value is -0.860. The third-order valence-electron chi connectivity index (χ3n) is 9.22. The normalized spacial score (nSPS) is 39.1. The van der Waals surface area contributed by atoms with Crippen LogP contribution in [0.25, 0.3) is 10.9 Å². The molecular weight excluding hydrogens is 509 g/mol. The van der Waals surface area contributed by atoms with E-state index in [1.54, 1.807) is 4.90 Å². The van der Waals surface area contributed by atoms with Crippen LogP contribution in [0.2, 0.25) is 5.02 Å². The van der Waals surface area contributed by atoms with E-state index in [1.807, 2.05) is 18.3 Å². The number of fused-ring (bicyclic) bond motifs is 1. The molecule has 2 saturated heterocycles. The lowest BCUT2D eigenvalue weighted by Crippen LogP contribution is -3.14. The SMILES string of the molecule is Clc1ccc2c(NCC[NH+]3CCC4(CC3)OOC3(O4)C4CC5CC(C4)CC3C5)cc[nH+]c2c1.[Cl-].[Cl-]. The molecule has 0 atom stereocenters. The van der Waals surface area contributed by atoms with Gasteiger partial charge < -0.3 is 39.8 Å². The topological polar surface area (TPSA) is 58.3 Å². The van der Waals surface area contributed by atoms with Crippen molar-refractivity contribution in [1.82, 2.24) is 0 Å². The number of likely N-dealkylation sites (tertiary alicyclic amines) is 1. The lowest BCUT2D eigenvalue weighted by molar-refractivity contribution is -0.907. The average molecular weight is 543 g/mol. The number of aromatic nitrogens is 1. The smallest absolute Gasteiger partial charge is 0.215 e. The van der Waals surface area contributed by atoms with Crippen molar-refractivity contribution >= 4 is 28.2 Å². The van der Waals surface area contributed by atoms with E-state index < -0.39 is 11.6 Å². The zero-order valence-corrected chi connectivity index (χ0v) is 22.1. The number of halogens is 3. The fourth-order valence-electron chi connectivity index (χ4n) is 7.73. The second kappa shape index (κ2) is 9.79. The highest BCUT2D eigenvalue weighted by molar-refractivity contribution is 6.31. The van der Waals surface area contributed by atoms with Crippen molar-refractivity contribution in [2.24, 2.45) is 23.7 Å². The summed E-state index contributed by atoms with van der Waals surface area (Å²) in [4.78, 5) is 17.1. The number of anilines is 1. The highest BCUT2D eigenvalue weighted by Crippen LogP contribution is 2.63. The lowest BCUT2D eigenvalue weighted by Gasteiger charge is -2.57. The molecule has 6 fully saturated rings. The van der Waals surface area contributed by atoms with Gasteiger partial charge in [-0.3, -0.25) is 0 Å². The molecule has 8 rings (SSSR count). The maximum atomic E-state index is 6.85. The van der Waals surface area contributed by atoms with Gasteiger partial charge in [0.25, 0.3) is 0 Å². The predicted octanol–water partition coefficient (Wildman–Crippen LogP) is -2.77. The van der Waals surface area contributed by atoms with Crippen molar-refractivity contribution in [2.75, 3.05) is 31.5 Å². The Morgan fingerprint density at radius 3 is 2.40 bits per heavy atom. The monoisotopic (exact) mass is 541 g/mol. The summed E-state index contributed by atoms with van der Waals surface area (Å²) >= 11 is 6.14. The molecule has 4 bridgehead atoms. The number of hydrogen-bond acceptors (Lipinski definition) is 4. The van der Waals surface area contributed by atoms with Crippen LogP contribution >= 0.6 is 11.6 Å². The van der Waals surface area contributed by atoms with Gasteiger partial charge in [-0.05, 0) is 56.1 Å². The lowest BCUT2D eigenvalue weighted by atomic mass is 9.53. The molecule has 9 heteroatoms. The highest BCUT2D eigenvalue weighted by Gasteiger charge is 2.67. The van der Waals surface area contributed by atoms with Gasteiger partial charge in [0.05, 0.1) is 50.1 Å². The van der Waals surface area contributed by atoms with Gasteiger partial charge in [0.1, 0.15) is 0 Å². The van der Waals surface area contributed by atoms with Gasteiger partial charge in [0.2, 0.25) is 17.1 Å². The number of benzene rings is 1. The number of hydrogen-bond donors (Lipinski definition) is 2. The summed E-state index contributed by atoms with van der Waals surface area (Å²) < 4.78 is 6.85. The minimum Gasteiger partial charge on any atom is -1.00 e. The van der Waals surface area contributed by atoms with Gasteiger partial charge >= 0.3 is 0 Å². The van der Waals surface area contributed by atoms with Gasteiger partial charge in [0.15, 0.2) is 6.20 Å². The van der Waals surface area contributed by atoms with E-state index in [4.69, 9.17) is 26.1 Å². The first-order valence-corrected chi connectivity index (χ1v) is 13.2. The molecule has 0 amide bonds. The third-order valence-corrected chi connectivity index (χ3v) is 9.45. The van der Waals surface area contributed by atoms with Gasteiger partial charge in [0, 0.05) is 29.0 Å². The zero-order chi connectivity index (χ0) is 22.0. The van der Waals surface area contributed by atoms with Crippen molar-refractivity contribution in [1.29, 1.82) is 0 Å². The fraction of sp³-hybridized carbons (Fsp3) is 0.654. The number of H-pyrrole nitrogens is 1. The van der Waals surface area contributed by atoms with E-state index >= 15 is 0 Å². The number of ether oxygens (including phenoxy) is 1. The van der Waals surface area contributed by atoms with E-state index in [9.17, 15) is 0 Å². The van der Waals surface area contributed by atoms with Gasteiger partial charge in [-0.2, -0.15) is 9.78 Å². The molecule has 35 heavy (non-hydrogen) atoms. The Morgan fingerprint density at radius 1 is 0.971 bits per heavy atom. The molecular formula is C26H34Cl3N3O3. The number of aromatic amines is 1. The molecule has 1 aromatic heterocycles. The molecule has 6 aliphatic rings. The fourth-order valence-corrected chi connectivity index (χ4v) is 7.90. The van der Waals surface area contributed by atoms with Crippen molar-refractivity contribution < 1.29 is 49.2 Å². The maximum absolute atomic E-state index is 6.85. The van der Waals surface area contributed by atoms with Crippen molar-refractivity contribution in [3.63, 3.8) is 0 Å². The highest BCUT2D eigenvalue weighted by atomic mass is 35.5. The molecule has 6 nitrogen and oxygen atoms in total. The minimum absolute atomic E-state index is 0. The van der Waals surface area contributed by atoms with E-state index in [1.165, 1.54) is 37.5 Å². The van der Waals surface area contributed by atoms with Crippen LogP contribution in [0.4, 0.5) is 5.69 Å². The van der Waals surface area contributed by atoms with Gasteiger partial charge in [-0.1, -0.05) is 11.6 Å². The number of piperidine rings is 1. The molecule has 2 aromatic rings. The number of pyridine rings is 1.